The van der Waals surface area contributed by atoms with Crippen molar-refractivity contribution >= 4 is 38.8 Å². The van der Waals surface area contributed by atoms with Crippen LogP contribution in [-0.2, 0) is 24.3 Å². The molecule has 2 N–H and O–H groups in total. The van der Waals surface area contributed by atoms with E-state index in [0.717, 1.165) is 21.1 Å². The van der Waals surface area contributed by atoms with Crippen molar-refractivity contribution in [1.29, 1.82) is 0 Å². The quantitative estimate of drug-likeness (QED) is 0.509. The Labute approximate surface area is 188 Å². The summed E-state index contributed by atoms with van der Waals surface area (Å²) in [6.45, 7) is 6.66. The van der Waals surface area contributed by atoms with Crippen molar-refractivity contribution in [3.8, 4) is 0 Å². The molecule has 1 aliphatic rings. The van der Waals surface area contributed by atoms with E-state index < -0.39 is 28.1 Å². The van der Waals surface area contributed by atoms with Crippen LogP contribution >= 0.6 is 0 Å². The fraction of sp³-hybridized carbons (Fsp3) is 0.304. The summed E-state index contributed by atoms with van der Waals surface area (Å²) >= 11 is 0. The Bertz CT molecular complexity index is 1200. The van der Waals surface area contributed by atoms with Crippen molar-refractivity contribution in [2.75, 3.05) is 24.2 Å². The summed E-state index contributed by atoms with van der Waals surface area (Å²) < 4.78 is 32.0. The number of benzene rings is 2. The number of ether oxygens (including phenoxy) is 1. The lowest BCUT2D eigenvalue weighted by Gasteiger charge is -2.22. The molecule has 0 aliphatic carbocycles. The molecule has 0 aromatic heterocycles. The molecular weight excluding hydrogens is 430 g/mol. The molecule has 0 bridgehead atoms. The molecule has 8 nitrogen and oxygen atoms in total. The summed E-state index contributed by atoms with van der Waals surface area (Å²) in [7, 11) is -2.60. The van der Waals surface area contributed by atoms with Crippen LogP contribution in [0.25, 0.3) is 5.57 Å². The van der Waals surface area contributed by atoms with Crippen LogP contribution in [0.5, 0.6) is 0 Å². The summed E-state index contributed by atoms with van der Waals surface area (Å²) in [5, 5.41) is 5.83. The molecule has 0 saturated carbocycles. The van der Waals surface area contributed by atoms with Crippen molar-refractivity contribution in [1.82, 2.24) is 4.31 Å². The average molecular weight is 458 g/mol. The fourth-order valence-electron chi connectivity index (χ4n) is 3.29. The molecule has 0 radical (unpaired) electrons. The Balaban J connectivity index is 1.79. The highest BCUT2D eigenvalue weighted by atomic mass is 32.2. The van der Waals surface area contributed by atoms with E-state index in [1.54, 1.807) is 39.1 Å². The summed E-state index contributed by atoms with van der Waals surface area (Å²) in [4.78, 5) is 24.4. The van der Waals surface area contributed by atoms with Gasteiger partial charge in [-0.05, 0) is 57.5 Å². The van der Waals surface area contributed by atoms with Crippen LogP contribution in [-0.4, -0.2) is 43.8 Å². The number of hydrogen-bond donors (Lipinski definition) is 2. The number of nitrogens with one attached hydrogen (secondary N) is 2. The number of amides is 1. The Morgan fingerprint density at radius 1 is 1.19 bits per heavy atom. The maximum atomic E-state index is 12.9. The maximum Gasteiger partial charge on any atom is 0.321 e. The smallest absolute Gasteiger partial charge is 0.321 e. The highest BCUT2D eigenvalue weighted by Crippen LogP contribution is 2.34. The number of carbonyl (C=O) groups is 2. The van der Waals surface area contributed by atoms with Crippen molar-refractivity contribution in [2.24, 2.45) is 0 Å². The molecule has 1 heterocycles. The molecule has 0 saturated heterocycles. The van der Waals surface area contributed by atoms with Crippen LogP contribution in [0.2, 0.25) is 0 Å². The SMILES string of the molecule is Cc1cccc2c1/C(=C/Nc1cccc(S(=O)(=O)N(C)CC(=O)OC(C)(C)C)c1)C(=O)N2. The number of esters is 1. The third kappa shape index (κ3) is 5.17. The largest absolute Gasteiger partial charge is 0.459 e. The molecule has 2 aromatic rings. The molecule has 0 spiro atoms. The van der Waals surface area contributed by atoms with Crippen LogP contribution in [0.15, 0.2) is 53.6 Å². The van der Waals surface area contributed by atoms with Gasteiger partial charge in [0.15, 0.2) is 0 Å². The number of likely N-dealkylation sites (N-methyl/N-ethyl adjacent to an activating group) is 1. The Morgan fingerprint density at radius 2 is 1.88 bits per heavy atom. The predicted octanol–water partition coefficient (Wildman–Crippen LogP) is 3.36. The average Bonchev–Trinajstić information content (AvgIpc) is 3.01. The summed E-state index contributed by atoms with van der Waals surface area (Å²) in [5.74, 6) is -0.869. The monoisotopic (exact) mass is 457 g/mol. The minimum Gasteiger partial charge on any atom is -0.459 e. The molecule has 2 aromatic carbocycles. The van der Waals surface area contributed by atoms with E-state index in [2.05, 4.69) is 10.6 Å². The van der Waals surface area contributed by atoms with Crippen LogP contribution in [0.3, 0.4) is 0 Å². The normalized spacial score (nSPS) is 14.9. The minimum atomic E-state index is -3.92. The third-order valence-electron chi connectivity index (χ3n) is 4.73. The topological polar surface area (TPSA) is 105 Å². The number of rotatable bonds is 6. The van der Waals surface area contributed by atoms with Gasteiger partial charge in [0.05, 0.1) is 10.5 Å². The number of sulfonamides is 1. The minimum absolute atomic E-state index is 0.0133. The van der Waals surface area contributed by atoms with Crippen molar-refractivity contribution in [2.45, 2.75) is 38.2 Å². The molecule has 0 atom stereocenters. The van der Waals surface area contributed by atoms with Gasteiger partial charge in [-0.1, -0.05) is 18.2 Å². The predicted molar refractivity (Wildman–Crippen MR) is 124 cm³/mol. The van der Waals surface area contributed by atoms with E-state index in [4.69, 9.17) is 4.74 Å². The number of aryl methyl sites for hydroxylation is 1. The Kier molecular flexibility index (Phi) is 6.43. The first-order valence-corrected chi connectivity index (χ1v) is 11.5. The van der Waals surface area contributed by atoms with Gasteiger partial charge in [-0.25, -0.2) is 8.42 Å². The molecule has 9 heteroatoms. The Hall–Kier alpha value is -3.17. The highest BCUT2D eigenvalue weighted by molar-refractivity contribution is 7.89. The van der Waals surface area contributed by atoms with Crippen molar-refractivity contribution < 1.29 is 22.7 Å². The highest BCUT2D eigenvalue weighted by Gasteiger charge is 2.27. The van der Waals surface area contributed by atoms with E-state index in [-0.39, 0.29) is 10.8 Å². The van der Waals surface area contributed by atoms with Crippen LogP contribution in [0.1, 0.15) is 31.9 Å². The van der Waals surface area contributed by atoms with Gasteiger partial charge in [0.25, 0.3) is 5.91 Å². The fourth-order valence-corrected chi connectivity index (χ4v) is 4.45. The second kappa shape index (κ2) is 8.76. The Morgan fingerprint density at radius 3 is 2.56 bits per heavy atom. The van der Waals surface area contributed by atoms with Crippen LogP contribution < -0.4 is 10.6 Å². The van der Waals surface area contributed by atoms with E-state index in [1.807, 2.05) is 25.1 Å². The zero-order valence-corrected chi connectivity index (χ0v) is 19.5. The van der Waals surface area contributed by atoms with Gasteiger partial charge in [0.2, 0.25) is 10.0 Å². The van der Waals surface area contributed by atoms with Crippen molar-refractivity contribution in [3.05, 3.63) is 59.8 Å². The van der Waals surface area contributed by atoms with Gasteiger partial charge < -0.3 is 15.4 Å². The number of hydrogen-bond acceptors (Lipinski definition) is 6. The standard InChI is InChI=1S/C23H27N3O5S/c1-15-8-6-11-19-21(15)18(22(28)25-19)13-24-16-9-7-10-17(12-16)32(29,30)26(5)14-20(27)31-23(2,3)4/h6-13,24H,14H2,1-5H3,(H,25,28)/b18-13-. The molecular formula is C23H27N3O5S. The van der Waals surface area contributed by atoms with Gasteiger partial charge in [0.1, 0.15) is 12.1 Å². The lowest BCUT2D eigenvalue weighted by Crippen LogP contribution is -2.36. The van der Waals surface area contributed by atoms with E-state index >= 15 is 0 Å². The number of nitrogens with zero attached hydrogens (tertiary/aromatic N) is 1. The van der Waals surface area contributed by atoms with E-state index in [0.29, 0.717) is 11.3 Å². The number of carbonyl (C=O) groups excluding carboxylic acids is 2. The first kappa shape index (κ1) is 23.5. The molecule has 32 heavy (non-hydrogen) atoms. The zero-order chi connectivity index (χ0) is 23.7. The lowest BCUT2D eigenvalue weighted by molar-refractivity contribution is -0.154. The second-order valence-corrected chi connectivity index (χ2v) is 10.6. The van der Waals surface area contributed by atoms with E-state index in [1.165, 1.54) is 19.2 Å². The molecule has 1 amide bonds. The van der Waals surface area contributed by atoms with Gasteiger partial charge >= 0.3 is 5.97 Å². The third-order valence-corrected chi connectivity index (χ3v) is 6.53. The molecule has 1 aliphatic heterocycles. The van der Waals surface area contributed by atoms with Gasteiger partial charge in [-0.3, -0.25) is 9.59 Å². The first-order chi connectivity index (χ1) is 14.9. The first-order valence-electron chi connectivity index (χ1n) is 10.0. The van der Waals surface area contributed by atoms with Crippen LogP contribution in [0.4, 0.5) is 11.4 Å². The lowest BCUT2D eigenvalue weighted by atomic mass is 10.0. The molecule has 170 valence electrons. The molecule has 3 rings (SSSR count). The number of fused-ring (bicyclic) bond motifs is 1. The summed E-state index contributed by atoms with van der Waals surface area (Å²) in [6, 6.07) is 11.8. The summed E-state index contributed by atoms with van der Waals surface area (Å²) in [5.41, 5.74) is 2.75. The van der Waals surface area contributed by atoms with E-state index in [9.17, 15) is 18.0 Å². The molecule has 0 fully saturated rings. The number of anilines is 2. The van der Waals surface area contributed by atoms with Gasteiger partial charge in [0, 0.05) is 30.2 Å². The molecule has 0 unspecified atom stereocenters. The zero-order valence-electron chi connectivity index (χ0n) is 18.7. The summed E-state index contributed by atoms with van der Waals surface area (Å²) in [6.07, 6.45) is 1.56. The van der Waals surface area contributed by atoms with Gasteiger partial charge in [-0.2, -0.15) is 4.31 Å². The maximum absolute atomic E-state index is 12.9. The van der Waals surface area contributed by atoms with Crippen molar-refractivity contribution in [3.63, 3.8) is 0 Å². The van der Waals surface area contributed by atoms with Gasteiger partial charge in [-0.15, -0.1) is 0 Å². The second-order valence-electron chi connectivity index (χ2n) is 8.53. The van der Waals surface area contributed by atoms with Crippen LogP contribution in [0, 0.1) is 6.92 Å².